The Balaban J connectivity index is 2.09. The fourth-order valence-electron chi connectivity index (χ4n) is 2.04. The maximum Gasteiger partial charge on any atom is 0.218 e. The highest BCUT2D eigenvalue weighted by Crippen LogP contribution is 2.24. The summed E-state index contributed by atoms with van der Waals surface area (Å²) in [7, 11) is -0.318. The molecule has 2 aromatic rings. The third-order valence-electron chi connectivity index (χ3n) is 3.37. The average Bonchev–Trinajstić information content (AvgIpc) is 2.51. The molecule has 0 unspecified atom stereocenters. The van der Waals surface area contributed by atoms with Crippen LogP contribution < -0.4 is 4.74 Å². The van der Waals surface area contributed by atoms with E-state index in [2.05, 4.69) is 0 Å². The van der Waals surface area contributed by atoms with E-state index in [0.29, 0.717) is 15.6 Å². The molecular weight excluding hydrogens is 357 g/mol. The summed E-state index contributed by atoms with van der Waals surface area (Å²) >= 11 is 11.8. The summed E-state index contributed by atoms with van der Waals surface area (Å²) in [5.74, 6) is 0.603. The zero-order valence-corrected chi connectivity index (χ0v) is 15.1. The predicted molar refractivity (Wildman–Crippen MR) is 93.5 cm³/mol. The number of hydrogen-bond donors (Lipinski definition) is 0. The van der Waals surface area contributed by atoms with Crippen LogP contribution in [-0.2, 0) is 22.3 Å². The van der Waals surface area contributed by atoms with Gasteiger partial charge in [0.1, 0.15) is 5.75 Å². The summed E-state index contributed by atoms with van der Waals surface area (Å²) in [5.41, 5.74) is 1.48. The van der Waals surface area contributed by atoms with Crippen LogP contribution in [0.4, 0.5) is 0 Å². The third-order valence-corrected chi connectivity index (χ3v) is 5.89. The molecule has 0 N–H and O–H groups in total. The molecule has 124 valence electrons. The van der Waals surface area contributed by atoms with E-state index in [-0.39, 0.29) is 12.3 Å². The minimum Gasteiger partial charge on any atom is -0.497 e. The van der Waals surface area contributed by atoms with Crippen molar-refractivity contribution in [2.45, 2.75) is 12.3 Å². The van der Waals surface area contributed by atoms with Crippen LogP contribution in [0.2, 0.25) is 10.0 Å². The molecule has 0 heterocycles. The number of nitrogens with zero attached hydrogens (tertiary/aromatic N) is 1. The van der Waals surface area contributed by atoms with Gasteiger partial charge in [-0.1, -0.05) is 41.4 Å². The normalized spacial score (nSPS) is 11.7. The molecule has 0 fully saturated rings. The van der Waals surface area contributed by atoms with E-state index in [0.717, 1.165) is 11.3 Å². The molecule has 0 aromatic heterocycles. The lowest BCUT2D eigenvalue weighted by Gasteiger charge is -2.17. The van der Waals surface area contributed by atoms with Crippen LogP contribution in [0.25, 0.3) is 0 Å². The van der Waals surface area contributed by atoms with E-state index in [1.165, 1.54) is 4.31 Å². The summed E-state index contributed by atoms with van der Waals surface area (Å²) in [6, 6.07) is 12.1. The minimum atomic E-state index is -3.46. The van der Waals surface area contributed by atoms with Crippen LogP contribution in [0.3, 0.4) is 0 Å². The van der Waals surface area contributed by atoms with Gasteiger partial charge in [0.15, 0.2) is 0 Å². The molecule has 0 radical (unpaired) electrons. The van der Waals surface area contributed by atoms with Crippen molar-refractivity contribution in [2.24, 2.45) is 0 Å². The molecule has 23 heavy (non-hydrogen) atoms. The smallest absolute Gasteiger partial charge is 0.218 e. The molecule has 2 rings (SSSR count). The number of ether oxygens (including phenoxy) is 1. The van der Waals surface area contributed by atoms with Gasteiger partial charge in [0.2, 0.25) is 10.0 Å². The fraction of sp³-hybridized carbons (Fsp3) is 0.250. The second-order valence-electron chi connectivity index (χ2n) is 5.11. The van der Waals surface area contributed by atoms with Gasteiger partial charge in [-0.05, 0) is 35.4 Å². The fourth-order valence-corrected chi connectivity index (χ4v) is 3.52. The number of methoxy groups -OCH3 is 1. The first kappa shape index (κ1) is 18.1. The Bertz CT molecular complexity index is 776. The first-order valence-corrected chi connectivity index (χ1v) is 9.19. The van der Waals surface area contributed by atoms with Crippen LogP contribution >= 0.6 is 23.2 Å². The number of rotatable bonds is 6. The summed E-state index contributed by atoms with van der Waals surface area (Å²) < 4.78 is 31.3. The van der Waals surface area contributed by atoms with Gasteiger partial charge in [-0.2, -0.15) is 0 Å². The van der Waals surface area contributed by atoms with Crippen LogP contribution in [0, 0.1) is 0 Å². The lowest BCUT2D eigenvalue weighted by Crippen LogP contribution is -2.27. The van der Waals surface area contributed by atoms with Crippen LogP contribution in [0.5, 0.6) is 5.75 Å². The van der Waals surface area contributed by atoms with Crippen molar-refractivity contribution in [2.75, 3.05) is 14.2 Å². The molecule has 0 saturated heterocycles. The van der Waals surface area contributed by atoms with Crippen molar-refractivity contribution in [3.63, 3.8) is 0 Å². The van der Waals surface area contributed by atoms with Gasteiger partial charge in [0, 0.05) is 13.6 Å². The maximum atomic E-state index is 12.4. The lowest BCUT2D eigenvalue weighted by atomic mass is 10.2. The standard InChI is InChI=1S/C16H17Cl2NO3S/c1-19(10-12-3-6-14(22-2)7-4-12)23(20,21)11-13-5-8-15(17)16(18)9-13/h3-9H,10-11H2,1-2H3. The molecule has 0 aliphatic rings. The van der Waals surface area contributed by atoms with Crippen LogP contribution in [0.15, 0.2) is 42.5 Å². The van der Waals surface area contributed by atoms with Gasteiger partial charge in [0.25, 0.3) is 0 Å². The van der Waals surface area contributed by atoms with Gasteiger partial charge in [-0.25, -0.2) is 12.7 Å². The monoisotopic (exact) mass is 373 g/mol. The number of halogens is 2. The van der Waals surface area contributed by atoms with E-state index in [1.54, 1.807) is 44.5 Å². The zero-order chi connectivity index (χ0) is 17.0. The third kappa shape index (κ3) is 4.85. The van der Waals surface area contributed by atoms with E-state index in [1.807, 2.05) is 12.1 Å². The van der Waals surface area contributed by atoms with E-state index in [4.69, 9.17) is 27.9 Å². The van der Waals surface area contributed by atoms with Gasteiger partial charge in [0.05, 0.1) is 22.9 Å². The molecular formula is C16H17Cl2NO3S. The highest BCUT2D eigenvalue weighted by Gasteiger charge is 2.19. The Labute approximate surface area is 146 Å². The molecule has 0 bridgehead atoms. The number of benzene rings is 2. The molecule has 0 spiro atoms. The summed E-state index contributed by atoms with van der Waals surface area (Å²) in [6.07, 6.45) is 0. The lowest BCUT2D eigenvalue weighted by molar-refractivity contribution is 0.414. The molecule has 0 atom stereocenters. The van der Waals surface area contributed by atoms with Gasteiger partial charge in [-0.3, -0.25) is 0 Å². The molecule has 0 aliphatic carbocycles. The van der Waals surface area contributed by atoms with Gasteiger partial charge in [-0.15, -0.1) is 0 Å². The van der Waals surface area contributed by atoms with Gasteiger partial charge < -0.3 is 4.74 Å². The van der Waals surface area contributed by atoms with Crippen molar-refractivity contribution in [1.82, 2.24) is 4.31 Å². The first-order chi connectivity index (χ1) is 10.8. The molecule has 4 nitrogen and oxygen atoms in total. The Morgan fingerprint density at radius 3 is 2.17 bits per heavy atom. The van der Waals surface area contributed by atoms with Gasteiger partial charge >= 0.3 is 0 Å². The molecule has 2 aromatic carbocycles. The van der Waals surface area contributed by atoms with Crippen molar-refractivity contribution in [3.05, 3.63) is 63.6 Å². The maximum absolute atomic E-state index is 12.4. The first-order valence-electron chi connectivity index (χ1n) is 6.82. The van der Waals surface area contributed by atoms with Crippen LogP contribution in [0.1, 0.15) is 11.1 Å². The van der Waals surface area contributed by atoms with E-state index in [9.17, 15) is 8.42 Å². The zero-order valence-electron chi connectivity index (χ0n) is 12.8. The predicted octanol–water partition coefficient (Wildman–Crippen LogP) is 3.96. The Kier molecular flexibility index (Phi) is 5.92. The summed E-state index contributed by atoms with van der Waals surface area (Å²) in [5, 5.41) is 0.747. The summed E-state index contributed by atoms with van der Waals surface area (Å²) in [6.45, 7) is 0.285. The highest BCUT2D eigenvalue weighted by atomic mass is 35.5. The molecule has 0 aliphatic heterocycles. The average molecular weight is 374 g/mol. The molecule has 0 amide bonds. The van der Waals surface area contributed by atoms with E-state index >= 15 is 0 Å². The molecule has 0 saturated carbocycles. The second kappa shape index (κ2) is 7.53. The number of hydrogen-bond acceptors (Lipinski definition) is 3. The Hall–Kier alpha value is -1.27. The van der Waals surface area contributed by atoms with Crippen molar-refractivity contribution in [3.8, 4) is 5.75 Å². The van der Waals surface area contributed by atoms with Crippen molar-refractivity contribution < 1.29 is 13.2 Å². The van der Waals surface area contributed by atoms with Crippen LogP contribution in [-0.4, -0.2) is 26.9 Å². The highest BCUT2D eigenvalue weighted by molar-refractivity contribution is 7.88. The number of sulfonamides is 1. The minimum absolute atomic E-state index is 0.128. The summed E-state index contributed by atoms with van der Waals surface area (Å²) in [4.78, 5) is 0. The molecule has 7 heteroatoms. The van der Waals surface area contributed by atoms with E-state index < -0.39 is 10.0 Å². The quantitative estimate of drug-likeness (QED) is 0.769. The van der Waals surface area contributed by atoms with Crippen molar-refractivity contribution >= 4 is 33.2 Å². The largest absolute Gasteiger partial charge is 0.497 e. The van der Waals surface area contributed by atoms with Crippen molar-refractivity contribution in [1.29, 1.82) is 0 Å². The Morgan fingerprint density at radius 2 is 1.61 bits per heavy atom. The topological polar surface area (TPSA) is 46.6 Å². The second-order valence-corrected chi connectivity index (χ2v) is 8.00. The SMILES string of the molecule is COc1ccc(CN(C)S(=O)(=O)Cc2ccc(Cl)c(Cl)c2)cc1. The Morgan fingerprint density at radius 1 is 1.00 bits per heavy atom.